The minimum absolute atomic E-state index is 0.102. The van der Waals surface area contributed by atoms with Gasteiger partial charge in [0.15, 0.2) is 0 Å². The highest BCUT2D eigenvalue weighted by molar-refractivity contribution is 7.99. The van der Waals surface area contributed by atoms with Gasteiger partial charge in [-0.3, -0.25) is 9.59 Å². The fourth-order valence-electron chi connectivity index (χ4n) is 4.04. The van der Waals surface area contributed by atoms with E-state index in [1.165, 1.54) is 23.9 Å². The summed E-state index contributed by atoms with van der Waals surface area (Å²) in [6.07, 6.45) is 4.75. The van der Waals surface area contributed by atoms with E-state index in [0.29, 0.717) is 17.2 Å². The summed E-state index contributed by atoms with van der Waals surface area (Å²) in [7, 11) is 0. The highest BCUT2D eigenvalue weighted by Crippen LogP contribution is 2.21. The van der Waals surface area contributed by atoms with Crippen LogP contribution >= 0.6 is 23.4 Å². The topological polar surface area (TPSA) is 49.4 Å². The standard InChI is InChI=1S/C25H30ClFN2O2S/c1-2-23(25(31)28-22-8-3-4-9-22)29(15-18-10-12-21(27)13-11-18)24(30)17-32-16-19-6-5-7-20(26)14-19/h5-7,10-14,22-23H,2-4,8-9,15-17H2,1H3,(H,28,31). The number of hydrogen-bond donors (Lipinski definition) is 1. The molecule has 2 amide bonds. The highest BCUT2D eigenvalue weighted by Gasteiger charge is 2.30. The quantitative estimate of drug-likeness (QED) is 0.487. The second-order valence-electron chi connectivity index (χ2n) is 8.18. The number of carbonyl (C=O) groups excluding carboxylic acids is 2. The van der Waals surface area contributed by atoms with Crippen molar-refractivity contribution in [1.82, 2.24) is 10.2 Å². The van der Waals surface area contributed by atoms with Crippen molar-refractivity contribution >= 4 is 35.2 Å². The number of rotatable bonds is 10. The molecule has 1 fully saturated rings. The Morgan fingerprint density at radius 1 is 1.16 bits per heavy atom. The number of halogens is 2. The monoisotopic (exact) mass is 476 g/mol. The Morgan fingerprint density at radius 2 is 1.88 bits per heavy atom. The van der Waals surface area contributed by atoms with E-state index in [9.17, 15) is 14.0 Å². The minimum Gasteiger partial charge on any atom is -0.352 e. The summed E-state index contributed by atoms with van der Waals surface area (Å²) in [5, 5.41) is 3.80. The average molecular weight is 477 g/mol. The first-order valence-electron chi connectivity index (χ1n) is 11.1. The minimum atomic E-state index is -0.556. The van der Waals surface area contributed by atoms with Gasteiger partial charge in [-0.25, -0.2) is 4.39 Å². The lowest BCUT2D eigenvalue weighted by Crippen LogP contribution is -2.51. The van der Waals surface area contributed by atoms with Gasteiger partial charge in [0.1, 0.15) is 11.9 Å². The molecule has 32 heavy (non-hydrogen) atoms. The molecule has 0 aromatic heterocycles. The van der Waals surface area contributed by atoms with Crippen LogP contribution in [0.15, 0.2) is 48.5 Å². The molecule has 172 valence electrons. The molecule has 1 aliphatic carbocycles. The predicted molar refractivity (Wildman–Crippen MR) is 129 cm³/mol. The van der Waals surface area contributed by atoms with Gasteiger partial charge in [-0.15, -0.1) is 11.8 Å². The summed E-state index contributed by atoms with van der Waals surface area (Å²) in [4.78, 5) is 27.9. The Hall–Kier alpha value is -2.05. The van der Waals surface area contributed by atoms with E-state index in [2.05, 4.69) is 5.32 Å². The molecule has 1 aliphatic rings. The van der Waals surface area contributed by atoms with E-state index in [1.54, 1.807) is 17.0 Å². The van der Waals surface area contributed by atoms with Crippen molar-refractivity contribution in [1.29, 1.82) is 0 Å². The summed E-state index contributed by atoms with van der Waals surface area (Å²) < 4.78 is 13.4. The van der Waals surface area contributed by atoms with Gasteiger partial charge in [-0.05, 0) is 54.7 Å². The molecule has 2 aromatic rings. The summed E-state index contributed by atoms with van der Waals surface area (Å²) >= 11 is 7.54. The molecule has 1 saturated carbocycles. The number of thioether (sulfide) groups is 1. The highest BCUT2D eigenvalue weighted by atomic mass is 35.5. The fraction of sp³-hybridized carbons (Fsp3) is 0.440. The SMILES string of the molecule is CCC(C(=O)NC1CCCC1)N(Cc1ccc(F)cc1)C(=O)CSCc1cccc(Cl)c1. The van der Waals surface area contributed by atoms with Crippen molar-refractivity contribution in [2.75, 3.05) is 5.75 Å². The molecule has 0 radical (unpaired) electrons. The van der Waals surface area contributed by atoms with Gasteiger partial charge in [-0.2, -0.15) is 0 Å². The maximum Gasteiger partial charge on any atom is 0.243 e. The lowest BCUT2D eigenvalue weighted by molar-refractivity contribution is -0.139. The van der Waals surface area contributed by atoms with Crippen molar-refractivity contribution in [3.05, 3.63) is 70.5 Å². The van der Waals surface area contributed by atoms with Crippen LogP contribution in [0.25, 0.3) is 0 Å². The van der Waals surface area contributed by atoms with Gasteiger partial charge in [0, 0.05) is 23.4 Å². The van der Waals surface area contributed by atoms with Crippen LogP contribution in [0.3, 0.4) is 0 Å². The Balaban J connectivity index is 1.69. The maximum atomic E-state index is 13.4. The van der Waals surface area contributed by atoms with Gasteiger partial charge in [0.25, 0.3) is 0 Å². The zero-order chi connectivity index (χ0) is 22.9. The molecular weight excluding hydrogens is 447 g/mol. The molecule has 0 heterocycles. The van der Waals surface area contributed by atoms with Crippen LogP contribution < -0.4 is 5.32 Å². The molecule has 0 aliphatic heterocycles. The predicted octanol–water partition coefficient (Wildman–Crippen LogP) is 5.58. The van der Waals surface area contributed by atoms with Crippen LogP contribution in [0.4, 0.5) is 4.39 Å². The maximum absolute atomic E-state index is 13.4. The molecule has 7 heteroatoms. The van der Waals surface area contributed by atoms with E-state index >= 15 is 0 Å². The molecule has 0 bridgehead atoms. The van der Waals surface area contributed by atoms with Crippen molar-refractivity contribution in [3.8, 4) is 0 Å². The van der Waals surface area contributed by atoms with Gasteiger partial charge in [0.2, 0.25) is 11.8 Å². The Bertz CT molecular complexity index is 903. The zero-order valence-electron chi connectivity index (χ0n) is 18.4. The van der Waals surface area contributed by atoms with Crippen LogP contribution in [-0.4, -0.2) is 34.6 Å². The van der Waals surface area contributed by atoms with Crippen molar-refractivity contribution in [2.45, 2.75) is 63.4 Å². The fourth-order valence-corrected chi connectivity index (χ4v) is 5.11. The first-order chi connectivity index (χ1) is 15.5. The molecule has 0 spiro atoms. The summed E-state index contributed by atoms with van der Waals surface area (Å²) in [5.74, 6) is 0.377. The van der Waals surface area contributed by atoms with Crippen molar-refractivity contribution in [3.63, 3.8) is 0 Å². The van der Waals surface area contributed by atoms with E-state index in [-0.39, 0.29) is 36.0 Å². The third-order valence-corrected chi connectivity index (χ3v) is 6.96. The number of nitrogens with one attached hydrogen (secondary N) is 1. The van der Waals surface area contributed by atoms with Crippen LogP contribution in [0, 0.1) is 5.82 Å². The average Bonchev–Trinajstić information content (AvgIpc) is 3.28. The van der Waals surface area contributed by atoms with Gasteiger partial charge >= 0.3 is 0 Å². The second kappa shape index (κ2) is 12.3. The first-order valence-corrected chi connectivity index (χ1v) is 12.7. The van der Waals surface area contributed by atoms with Crippen LogP contribution in [-0.2, 0) is 21.9 Å². The lowest BCUT2D eigenvalue weighted by Gasteiger charge is -2.31. The first kappa shape index (κ1) is 24.6. The Labute approximate surface area is 198 Å². The van der Waals surface area contributed by atoms with E-state index < -0.39 is 6.04 Å². The van der Waals surface area contributed by atoms with Gasteiger partial charge < -0.3 is 10.2 Å². The normalized spacial score (nSPS) is 14.8. The smallest absolute Gasteiger partial charge is 0.243 e. The molecule has 1 atom stereocenters. The van der Waals surface area contributed by atoms with Crippen LogP contribution in [0.5, 0.6) is 0 Å². The molecule has 1 N–H and O–H groups in total. The summed E-state index contributed by atoms with van der Waals surface area (Å²) in [6.45, 7) is 2.19. The Morgan fingerprint density at radius 3 is 2.53 bits per heavy atom. The zero-order valence-corrected chi connectivity index (χ0v) is 19.9. The van der Waals surface area contributed by atoms with Gasteiger partial charge in [-0.1, -0.05) is 55.6 Å². The molecule has 3 rings (SSSR count). The molecule has 1 unspecified atom stereocenters. The third kappa shape index (κ3) is 7.24. The third-order valence-electron chi connectivity index (χ3n) is 5.74. The van der Waals surface area contributed by atoms with Crippen LogP contribution in [0.2, 0.25) is 5.02 Å². The van der Waals surface area contributed by atoms with Crippen molar-refractivity contribution in [2.24, 2.45) is 0 Å². The van der Waals surface area contributed by atoms with E-state index in [0.717, 1.165) is 36.8 Å². The van der Waals surface area contributed by atoms with Gasteiger partial charge in [0.05, 0.1) is 5.75 Å². The number of carbonyl (C=O) groups is 2. The molecule has 0 saturated heterocycles. The lowest BCUT2D eigenvalue weighted by atomic mass is 10.1. The van der Waals surface area contributed by atoms with E-state index in [4.69, 9.17) is 11.6 Å². The van der Waals surface area contributed by atoms with E-state index in [1.807, 2.05) is 31.2 Å². The Kier molecular flexibility index (Phi) is 9.42. The summed E-state index contributed by atoms with van der Waals surface area (Å²) in [5.41, 5.74) is 1.85. The molecule has 4 nitrogen and oxygen atoms in total. The van der Waals surface area contributed by atoms with Crippen LogP contribution in [0.1, 0.15) is 50.2 Å². The molecule has 2 aromatic carbocycles. The van der Waals surface area contributed by atoms with Crippen molar-refractivity contribution < 1.29 is 14.0 Å². The number of benzene rings is 2. The second-order valence-corrected chi connectivity index (χ2v) is 9.61. The molecular formula is C25H30ClFN2O2S. The number of nitrogens with zero attached hydrogens (tertiary/aromatic N) is 1. The number of hydrogen-bond acceptors (Lipinski definition) is 3. The summed E-state index contributed by atoms with van der Waals surface area (Å²) in [6, 6.07) is 13.3. The largest absolute Gasteiger partial charge is 0.352 e. The number of amides is 2.